The fourth-order valence-electron chi connectivity index (χ4n) is 2.99. The third kappa shape index (κ3) is 2.91. The van der Waals surface area contributed by atoms with Gasteiger partial charge in [0.05, 0.1) is 4.47 Å². The Hall–Kier alpha value is -0.480. The number of phenols is 2. The number of aromatic hydroxyl groups is 2. The van der Waals surface area contributed by atoms with Crippen molar-refractivity contribution >= 4 is 31.9 Å². The summed E-state index contributed by atoms with van der Waals surface area (Å²) in [6, 6.07) is 3.19. The molecule has 0 unspecified atom stereocenters. The molecule has 1 aromatic rings. The summed E-state index contributed by atoms with van der Waals surface area (Å²) in [6.07, 6.45) is 2.80. The molecule has 0 amide bonds. The van der Waals surface area contributed by atoms with Crippen LogP contribution in [0.15, 0.2) is 28.8 Å². The molecule has 2 atom stereocenters. The van der Waals surface area contributed by atoms with Crippen LogP contribution in [0.4, 0.5) is 0 Å². The fraction of sp³-hybridized carbons (Fsp3) is 0.500. The summed E-state index contributed by atoms with van der Waals surface area (Å²) in [5.41, 5.74) is 2.07. The fourth-order valence-corrected chi connectivity index (χ4v) is 3.87. The maximum absolute atomic E-state index is 10.1. The number of hydrogen-bond acceptors (Lipinski definition) is 2. The van der Waals surface area contributed by atoms with E-state index in [0.29, 0.717) is 15.7 Å². The minimum Gasteiger partial charge on any atom is -0.508 e. The summed E-state index contributed by atoms with van der Waals surface area (Å²) in [4.78, 5) is 0.441. The van der Waals surface area contributed by atoms with E-state index >= 15 is 0 Å². The SMILES string of the molecule is C=C1CC[C@H](Br)C(C)(C)[C@@H]1Cc1cc(O)c(Br)cc1O. The van der Waals surface area contributed by atoms with E-state index in [0.717, 1.165) is 18.4 Å². The van der Waals surface area contributed by atoms with Gasteiger partial charge in [0.1, 0.15) is 11.5 Å². The first-order valence-electron chi connectivity index (χ1n) is 6.75. The molecule has 0 spiro atoms. The average molecular weight is 404 g/mol. The smallest absolute Gasteiger partial charge is 0.130 e. The molecular weight excluding hydrogens is 384 g/mol. The van der Waals surface area contributed by atoms with E-state index in [9.17, 15) is 10.2 Å². The predicted octanol–water partition coefficient (Wildman–Crippen LogP) is 5.16. The van der Waals surface area contributed by atoms with E-state index in [1.807, 2.05) is 0 Å². The van der Waals surface area contributed by atoms with Gasteiger partial charge in [-0.3, -0.25) is 0 Å². The van der Waals surface area contributed by atoms with Crippen molar-refractivity contribution in [3.05, 3.63) is 34.3 Å². The van der Waals surface area contributed by atoms with Crippen molar-refractivity contribution in [2.24, 2.45) is 11.3 Å². The minimum absolute atomic E-state index is 0.0739. The van der Waals surface area contributed by atoms with Gasteiger partial charge < -0.3 is 10.2 Å². The van der Waals surface area contributed by atoms with Crippen LogP contribution < -0.4 is 0 Å². The third-order valence-electron chi connectivity index (χ3n) is 4.49. The van der Waals surface area contributed by atoms with Gasteiger partial charge in [-0.25, -0.2) is 0 Å². The molecule has 110 valence electrons. The Morgan fingerprint density at radius 3 is 2.60 bits per heavy atom. The normalized spacial score (nSPS) is 25.7. The Bertz CT molecular complexity index is 538. The molecule has 1 aromatic carbocycles. The summed E-state index contributed by atoms with van der Waals surface area (Å²) in [7, 11) is 0. The van der Waals surface area contributed by atoms with Crippen LogP contribution in [0, 0.1) is 11.3 Å². The molecular formula is C16H20Br2O2. The highest BCUT2D eigenvalue weighted by Gasteiger charge is 2.41. The van der Waals surface area contributed by atoms with E-state index in [4.69, 9.17) is 0 Å². The summed E-state index contributed by atoms with van der Waals surface area (Å²) in [5, 5.41) is 19.9. The summed E-state index contributed by atoms with van der Waals surface area (Å²) < 4.78 is 0.513. The molecule has 1 saturated carbocycles. The second-order valence-corrected chi connectivity index (χ2v) is 8.13. The number of allylic oxidation sites excluding steroid dienone is 1. The lowest BCUT2D eigenvalue weighted by Gasteiger charge is -2.44. The first kappa shape index (κ1) is 15.9. The quantitative estimate of drug-likeness (QED) is 0.406. The molecule has 1 aliphatic rings. The van der Waals surface area contributed by atoms with Crippen molar-refractivity contribution in [3.8, 4) is 11.5 Å². The molecule has 0 aromatic heterocycles. The predicted molar refractivity (Wildman–Crippen MR) is 89.5 cm³/mol. The monoisotopic (exact) mass is 402 g/mol. The van der Waals surface area contributed by atoms with Gasteiger partial charge >= 0.3 is 0 Å². The van der Waals surface area contributed by atoms with Crippen LogP contribution >= 0.6 is 31.9 Å². The molecule has 0 aliphatic heterocycles. The Morgan fingerprint density at radius 2 is 1.95 bits per heavy atom. The van der Waals surface area contributed by atoms with Crippen LogP contribution in [0.3, 0.4) is 0 Å². The molecule has 0 radical (unpaired) electrons. The molecule has 1 fully saturated rings. The minimum atomic E-state index is 0.0739. The van der Waals surface area contributed by atoms with E-state index < -0.39 is 0 Å². The Kier molecular flexibility index (Phi) is 4.55. The van der Waals surface area contributed by atoms with E-state index in [2.05, 4.69) is 52.3 Å². The van der Waals surface area contributed by atoms with Crippen LogP contribution in [0.1, 0.15) is 32.3 Å². The van der Waals surface area contributed by atoms with Gasteiger partial charge in [0.25, 0.3) is 0 Å². The van der Waals surface area contributed by atoms with Crippen molar-refractivity contribution in [2.75, 3.05) is 0 Å². The molecule has 0 saturated heterocycles. The van der Waals surface area contributed by atoms with E-state index in [-0.39, 0.29) is 22.8 Å². The molecule has 20 heavy (non-hydrogen) atoms. The molecule has 2 N–H and O–H groups in total. The lowest BCUT2D eigenvalue weighted by atomic mass is 9.64. The molecule has 0 heterocycles. The maximum Gasteiger partial charge on any atom is 0.130 e. The van der Waals surface area contributed by atoms with Crippen molar-refractivity contribution in [1.29, 1.82) is 0 Å². The second kappa shape index (κ2) is 5.72. The Balaban J connectivity index is 2.32. The first-order valence-corrected chi connectivity index (χ1v) is 8.46. The number of phenolic OH excluding ortho intramolecular Hbond substituents is 2. The van der Waals surface area contributed by atoms with Gasteiger partial charge in [-0.2, -0.15) is 0 Å². The number of rotatable bonds is 2. The highest BCUT2D eigenvalue weighted by molar-refractivity contribution is 9.10. The van der Waals surface area contributed by atoms with Crippen molar-refractivity contribution in [3.63, 3.8) is 0 Å². The van der Waals surface area contributed by atoms with Crippen LogP contribution in [-0.4, -0.2) is 15.0 Å². The van der Waals surface area contributed by atoms with E-state index in [1.165, 1.54) is 5.57 Å². The lowest BCUT2D eigenvalue weighted by molar-refractivity contribution is 0.201. The summed E-state index contributed by atoms with van der Waals surface area (Å²) >= 11 is 6.99. The average Bonchev–Trinajstić information content (AvgIpc) is 2.36. The zero-order chi connectivity index (χ0) is 15.1. The largest absolute Gasteiger partial charge is 0.508 e. The molecule has 1 aliphatic carbocycles. The van der Waals surface area contributed by atoms with Crippen LogP contribution in [0.25, 0.3) is 0 Å². The summed E-state index contributed by atoms with van der Waals surface area (Å²) in [5.74, 6) is 0.662. The number of alkyl halides is 1. The molecule has 2 rings (SSSR count). The molecule has 4 heteroatoms. The lowest BCUT2D eigenvalue weighted by Crippen LogP contribution is -2.39. The second-order valence-electron chi connectivity index (χ2n) is 6.17. The number of halogens is 2. The van der Waals surface area contributed by atoms with Crippen LogP contribution in [-0.2, 0) is 6.42 Å². The van der Waals surface area contributed by atoms with Crippen LogP contribution in [0.5, 0.6) is 11.5 Å². The topological polar surface area (TPSA) is 40.5 Å². The first-order chi connectivity index (χ1) is 9.23. The van der Waals surface area contributed by atoms with Gasteiger partial charge in [-0.15, -0.1) is 0 Å². The highest BCUT2D eigenvalue weighted by atomic mass is 79.9. The zero-order valence-corrected chi connectivity index (χ0v) is 15.0. The van der Waals surface area contributed by atoms with E-state index in [1.54, 1.807) is 12.1 Å². The number of hydrogen-bond donors (Lipinski definition) is 2. The zero-order valence-electron chi connectivity index (χ0n) is 11.8. The van der Waals surface area contributed by atoms with Crippen LogP contribution in [0.2, 0.25) is 0 Å². The molecule has 0 bridgehead atoms. The third-order valence-corrected chi connectivity index (χ3v) is 6.76. The standard InChI is InChI=1S/C16H20Br2O2/c1-9-4-5-15(18)16(2,3)11(9)6-10-7-14(20)12(17)8-13(10)19/h7-8,11,15,19-20H,1,4-6H2,2-3H3/t11-,15+/m1/s1. The van der Waals surface area contributed by atoms with Gasteiger partial charge in [0.15, 0.2) is 0 Å². The Labute approximate surface area is 137 Å². The Morgan fingerprint density at radius 1 is 1.30 bits per heavy atom. The van der Waals surface area contributed by atoms with Gasteiger partial charge in [0.2, 0.25) is 0 Å². The van der Waals surface area contributed by atoms with Gasteiger partial charge in [-0.1, -0.05) is 41.9 Å². The van der Waals surface area contributed by atoms with Crippen molar-refractivity contribution < 1.29 is 10.2 Å². The summed E-state index contributed by atoms with van der Waals surface area (Å²) in [6.45, 7) is 8.68. The highest BCUT2D eigenvalue weighted by Crippen LogP contribution is 2.49. The van der Waals surface area contributed by atoms with Gasteiger partial charge in [0, 0.05) is 4.83 Å². The van der Waals surface area contributed by atoms with Crippen molar-refractivity contribution in [1.82, 2.24) is 0 Å². The van der Waals surface area contributed by atoms with Crippen molar-refractivity contribution in [2.45, 2.75) is 37.9 Å². The molecule has 2 nitrogen and oxygen atoms in total. The number of benzene rings is 1. The van der Waals surface area contributed by atoms with Gasteiger partial charge in [-0.05, 0) is 64.2 Å². The maximum atomic E-state index is 10.1.